The third-order valence-corrected chi connectivity index (χ3v) is 6.82. The molecule has 0 spiro atoms. The average Bonchev–Trinajstić information content (AvgIpc) is 2.83. The smallest absolute Gasteiger partial charge is 0.320 e. The van der Waals surface area contributed by atoms with Crippen LogP contribution in [0.4, 0.5) is 0 Å². The minimum Gasteiger partial charge on any atom is -0.480 e. The molecule has 8 heteroatoms. The van der Waals surface area contributed by atoms with Gasteiger partial charge in [0.05, 0.1) is 13.0 Å². The van der Waals surface area contributed by atoms with E-state index in [9.17, 15) is 19.5 Å². The van der Waals surface area contributed by atoms with Crippen LogP contribution < -0.4 is 0 Å². The van der Waals surface area contributed by atoms with Gasteiger partial charge < -0.3 is 19.5 Å². The molecular weight excluding hydrogens is 460 g/mol. The van der Waals surface area contributed by atoms with E-state index in [0.29, 0.717) is 51.9 Å². The average molecular weight is 513 g/mol. The van der Waals surface area contributed by atoms with Crippen molar-refractivity contribution < 1.29 is 29.0 Å². The summed E-state index contributed by atoms with van der Waals surface area (Å²) in [4.78, 5) is 39.5. The van der Waals surface area contributed by atoms with Crippen molar-refractivity contribution in [1.82, 2.24) is 9.80 Å². The summed E-state index contributed by atoms with van der Waals surface area (Å²) in [5, 5.41) is 9.58. The number of carbonyl (C=O) groups excluding carboxylic acids is 2. The molecule has 0 saturated carbocycles. The number of unbranched alkanes of at least 4 members (excludes halogenated alkanes) is 10. The van der Waals surface area contributed by atoms with Crippen molar-refractivity contribution in [3.8, 4) is 0 Å². The maximum atomic E-state index is 12.1. The van der Waals surface area contributed by atoms with E-state index in [4.69, 9.17) is 9.47 Å². The van der Waals surface area contributed by atoms with E-state index in [2.05, 4.69) is 6.92 Å². The quantitative estimate of drug-likeness (QED) is 0.169. The number of carboxylic acid groups (broad SMARTS) is 1. The van der Waals surface area contributed by atoms with Gasteiger partial charge in [0.2, 0.25) is 0 Å². The number of ether oxygens (including phenoxy) is 2. The molecule has 0 aromatic rings. The van der Waals surface area contributed by atoms with Crippen molar-refractivity contribution >= 4 is 17.9 Å². The Bertz CT molecular complexity index is 613. The fourth-order valence-corrected chi connectivity index (χ4v) is 4.62. The van der Waals surface area contributed by atoms with E-state index in [-0.39, 0.29) is 18.0 Å². The van der Waals surface area contributed by atoms with Gasteiger partial charge in [-0.25, -0.2) is 0 Å². The van der Waals surface area contributed by atoms with Crippen LogP contribution in [0.15, 0.2) is 0 Å². The maximum absolute atomic E-state index is 12.1. The summed E-state index contributed by atoms with van der Waals surface area (Å²) in [7, 11) is 3.82. The normalized spacial score (nSPS) is 18.3. The van der Waals surface area contributed by atoms with Crippen molar-refractivity contribution in [3.63, 3.8) is 0 Å². The van der Waals surface area contributed by atoms with E-state index < -0.39 is 12.0 Å². The molecule has 0 bridgehead atoms. The van der Waals surface area contributed by atoms with Crippen LogP contribution in [0.2, 0.25) is 0 Å². The molecule has 1 fully saturated rings. The number of rotatable bonds is 21. The van der Waals surface area contributed by atoms with Crippen molar-refractivity contribution in [2.75, 3.05) is 40.3 Å². The Labute approximate surface area is 219 Å². The van der Waals surface area contributed by atoms with Crippen LogP contribution in [-0.4, -0.2) is 85.3 Å². The molecule has 0 amide bonds. The summed E-state index contributed by atoms with van der Waals surface area (Å²) in [6.45, 7) is 4.45. The van der Waals surface area contributed by atoms with Gasteiger partial charge in [-0.3, -0.25) is 19.3 Å². The number of piperidine rings is 1. The standard InChI is InChI=1S/C28H52N2O6/c1-4-5-6-7-8-9-10-11-15-22-35-26(31)16-13-12-14-20-30-23-24(17-18-25(30)28(33)34)36-27(32)19-21-29(2)3/h24-25H,4-23H2,1-3H3,(H,33,34)/t24-,25+/m1/s1. The minimum absolute atomic E-state index is 0.138. The van der Waals surface area contributed by atoms with E-state index in [1.54, 1.807) is 0 Å². The van der Waals surface area contributed by atoms with Gasteiger partial charge >= 0.3 is 17.9 Å². The Morgan fingerprint density at radius 2 is 1.47 bits per heavy atom. The Hall–Kier alpha value is -1.67. The van der Waals surface area contributed by atoms with Crippen LogP contribution in [0.3, 0.4) is 0 Å². The number of carboxylic acids is 1. The molecule has 0 aliphatic carbocycles. The van der Waals surface area contributed by atoms with Crippen molar-refractivity contribution in [2.24, 2.45) is 0 Å². The van der Waals surface area contributed by atoms with Gasteiger partial charge in [-0.05, 0) is 52.7 Å². The zero-order valence-corrected chi connectivity index (χ0v) is 23.2. The molecule has 1 N–H and O–H groups in total. The van der Waals surface area contributed by atoms with E-state index >= 15 is 0 Å². The molecule has 1 heterocycles. The molecule has 0 unspecified atom stereocenters. The lowest BCUT2D eigenvalue weighted by atomic mass is 9.99. The molecule has 8 nitrogen and oxygen atoms in total. The molecule has 0 radical (unpaired) electrons. The first-order valence-electron chi connectivity index (χ1n) is 14.3. The number of nitrogens with zero attached hydrogens (tertiary/aromatic N) is 2. The highest BCUT2D eigenvalue weighted by atomic mass is 16.5. The van der Waals surface area contributed by atoms with Crippen molar-refractivity contribution in [1.29, 1.82) is 0 Å². The van der Waals surface area contributed by atoms with Crippen LogP contribution >= 0.6 is 0 Å². The third kappa shape index (κ3) is 16.1. The number of hydrogen-bond acceptors (Lipinski definition) is 7. The topological polar surface area (TPSA) is 96.4 Å². The second-order valence-corrected chi connectivity index (χ2v) is 10.5. The molecule has 2 atom stereocenters. The number of carbonyl (C=O) groups is 3. The fraction of sp³-hybridized carbons (Fsp3) is 0.893. The number of esters is 2. The number of aliphatic carboxylic acids is 1. The lowest BCUT2D eigenvalue weighted by Crippen LogP contribution is -2.50. The van der Waals surface area contributed by atoms with Crippen LogP contribution in [0.25, 0.3) is 0 Å². The lowest BCUT2D eigenvalue weighted by molar-refractivity contribution is -0.156. The van der Waals surface area contributed by atoms with Crippen molar-refractivity contribution in [2.45, 2.75) is 122 Å². The SMILES string of the molecule is CCCCCCCCCCCOC(=O)CCCCCN1C[C@H](OC(=O)CCN(C)C)CC[C@H]1C(=O)O. The van der Waals surface area contributed by atoms with Crippen LogP contribution in [0.1, 0.15) is 110 Å². The van der Waals surface area contributed by atoms with Crippen LogP contribution in [-0.2, 0) is 23.9 Å². The van der Waals surface area contributed by atoms with Gasteiger partial charge in [0.15, 0.2) is 0 Å². The highest BCUT2D eigenvalue weighted by Crippen LogP contribution is 2.21. The Kier molecular flexibility index (Phi) is 18.3. The first-order chi connectivity index (χ1) is 17.3. The van der Waals surface area contributed by atoms with Gasteiger partial charge in [0.25, 0.3) is 0 Å². The van der Waals surface area contributed by atoms with Crippen LogP contribution in [0.5, 0.6) is 0 Å². The predicted molar refractivity (Wildman–Crippen MR) is 142 cm³/mol. The highest BCUT2D eigenvalue weighted by molar-refractivity contribution is 5.73. The van der Waals surface area contributed by atoms with E-state index in [0.717, 1.165) is 32.1 Å². The summed E-state index contributed by atoms with van der Waals surface area (Å²) >= 11 is 0. The summed E-state index contributed by atoms with van der Waals surface area (Å²) < 4.78 is 10.9. The molecule has 1 aliphatic heterocycles. The van der Waals surface area contributed by atoms with Crippen molar-refractivity contribution in [3.05, 3.63) is 0 Å². The maximum Gasteiger partial charge on any atom is 0.320 e. The highest BCUT2D eigenvalue weighted by Gasteiger charge is 2.34. The lowest BCUT2D eigenvalue weighted by Gasteiger charge is -2.37. The van der Waals surface area contributed by atoms with E-state index in [1.165, 1.54) is 44.9 Å². The molecule has 0 aromatic heterocycles. The minimum atomic E-state index is -0.826. The zero-order valence-electron chi connectivity index (χ0n) is 23.2. The first kappa shape index (κ1) is 32.4. The van der Waals surface area contributed by atoms with E-state index in [1.807, 2.05) is 23.9 Å². The fourth-order valence-electron chi connectivity index (χ4n) is 4.62. The third-order valence-electron chi connectivity index (χ3n) is 6.82. The second kappa shape index (κ2) is 20.4. The van der Waals surface area contributed by atoms with Crippen LogP contribution in [0, 0.1) is 0 Å². The molecule has 210 valence electrons. The largest absolute Gasteiger partial charge is 0.480 e. The van der Waals surface area contributed by atoms with Gasteiger partial charge in [0.1, 0.15) is 12.1 Å². The van der Waals surface area contributed by atoms with Gasteiger partial charge in [-0.15, -0.1) is 0 Å². The molecule has 1 saturated heterocycles. The van der Waals surface area contributed by atoms with Gasteiger partial charge in [-0.2, -0.15) is 0 Å². The Balaban J connectivity index is 2.14. The predicted octanol–water partition coefficient (Wildman–Crippen LogP) is 5.03. The summed E-state index contributed by atoms with van der Waals surface area (Å²) in [6, 6.07) is -0.539. The molecule has 1 rings (SSSR count). The number of hydrogen-bond donors (Lipinski definition) is 1. The van der Waals surface area contributed by atoms with Gasteiger partial charge in [-0.1, -0.05) is 64.7 Å². The molecular formula is C28H52N2O6. The second-order valence-electron chi connectivity index (χ2n) is 10.5. The summed E-state index contributed by atoms with van der Waals surface area (Å²) in [5.41, 5.74) is 0. The Morgan fingerprint density at radius 1 is 0.833 bits per heavy atom. The number of likely N-dealkylation sites (tertiary alicyclic amines) is 1. The summed E-state index contributed by atoms with van der Waals surface area (Å²) in [5.74, 6) is -1.20. The summed E-state index contributed by atoms with van der Waals surface area (Å²) in [6.07, 6.45) is 15.1. The molecule has 36 heavy (non-hydrogen) atoms. The molecule has 1 aliphatic rings. The Morgan fingerprint density at radius 3 is 2.11 bits per heavy atom. The monoisotopic (exact) mass is 512 g/mol. The van der Waals surface area contributed by atoms with Gasteiger partial charge in [0, 0.05) is 19.5 Å². The first-order valence-corrected chi connectivity index (χ1v) is 14.3. The zero-order chi connectivity index (χ0) is 26.6. The molecule has 0 aromatic carbocycles.